The number of aromatic nitrogens is 1. The van der Waals surface area contributed by atoms with Gasteiger partial charge in [0.05, 0.1) is 0 Å². The topological polar surface area (TPSA) is 54.2 Å². The lowest BCUT2D eigenvalue weighted by molar-refractivity contribution is 0.327. The Morgan fingerprint density at radius 1 is 1.44 bits per heavy atom. The molecule has 16 heavy (non-hydrogen) atoms. The number of hydrogen-bond acceptors (Lipinski definition) is 4. The third-order valence-electron chi connectivity index (χ3n) is 2.90. The maximum atomic E-state index is 5.64. The predicted octanol–water partition coefficient (Wildman–Crippen LogP) is 1.56. The minimum Gasteiger partial charge on any atom is -0.384 e. The van der Waals surface area contributed by atoms with Crippen LogP contribution >= 0.6 is 0 Å². The Balaban J connectivity index is 1.84. The number of nitrogens with two attached hydrogens (primary N) is 1. The van der Waals surface area contributed by atoms with Crippen LogP contribution in [0.2, 0.25) is 0 Å². The molecular formula is C12H20N4. The van der Waals surface area contributed by atoms with E-state index in [0.717, 1.165) is 12.4 Å². The maximum absolute atomic E-state index is 5.64. The van der Waals surface area contributed by atoms with Gasteiger partial charge < -0.3 is 16.0 Å². The quantitative estimate of drug-likeness (QED) is 0.808. The molecule has 1 unspecified atom stereocenters. The first-order chi connectivity index (χ1) is 7.74. The SMILES string of the molecule is CC(CN1CCCC1)Nc1cccc(N)n1. The molecule has 4 heteroatoms. The number of rotatable bonds is 4. The van der Waals surface area contributed by atoms with Crippen molar-refractivity contribution in [3.05, 3.63) is 18.2 Å². The van der Waals surface area contributed by atoms with Crippen LogP contribution in [0.3, 0.4) is 0 Å². The van der Waals surface area contributed by atoms with Gasteiger partial charge in [0.15, 0.2) is 0 Å². The molecular weight excluding hydrogens is 200 g/mol. The second-order valence-corrected chi connectivity index (χ2v) is 4.50. The molecule has 0 amide bonds. The number of nitrogen functional groups attached to an aromatic ring is 1. The van der Waals surface area contributed by atoms with Crippen LogP contribution < -0.4 is 11.1 Å². The Bertz CT molecular complexity index is 334. The van der Waals surface area contributed by atoms with E-state index in [1.165, 1.54) is 25.9 Å². The normalized spacial score (nSPS) is 18.6. The molecule has 88 valence electrons. The largest absolute Gasteiger partial charge is 0.384 e. The van der Waals surface area contributed by atoms with Crippen molar-refractivity contribution in [1.29, 1.82) is 0 Å². The summed E-state index contributed by atoms with van der Waals surface area (Å²) < 4.78 is 0. The minimum absolute atomic E-state index is 0.410. The third-order valence-corrected chi connectivity index (χ3v) is 2.90. The van der Waals surface area contributed by atoms with Gasteiger partial charge in [0, 0.05) is 12.6 Å². The first-order valence-electron chi connectivity index (χ1n) is 5.95. The van der Waals surface area contributed by atoms with Crippen molar-refractivity contribution in [3.8, 4) is 0 Å². The first-order valence-corrected chi connectivity index (χ1v) is 5.95. The Labute approximate surface area is 96.8 Å². The monoisotopic (exact) mass is 220 g/mol. The molecule has 1 aliphatic rings. The molecule has 0 aromatic carbocycles. The zero-order valence-corrected chi connectivity index (χ0v) is 9.82. The zero-order valence-electron chi connectivity index (χ0n) is 9.82. The van der Waals surface area contributed by atoms with Crippen LogP contribution in [-0.2, 0) is 0 Å². The summed E-state index contributed by atoms with van der Waals surface area (Å²) in [5.41, 5.74) is 5.64. The van der Waals surface area contributed by atoms with Gasteiger partial charge in [-0.25, -0.2) is 4.98 Å². The van der Waals surface area contributed by atoms with Crippen molar-refractivity contribution >= 4 is 11.6 Å². The third kappa shape index (κ3) is 3.10. The molecule has 0 saturated carbocycles. The van der Waals surface area contributed by atoms with Crippen molar-refractivity contribution < 1.29 is 0 Å². The van der Waals surface area contributed by atoms with Crippen LogP contribution in [0.1, 0.15) is 19.8 Å². The second-order valence-electron chi connectivity index (χ2n) is 4.50. The molecule has 0 aliphatic carbocycles. The lowest BCUT2D eigenvalue weighted by Crippen LogP contribution is -2.33. The van der Waals surface area contributed by atoms with Gasteiger partial charge in [-0.05, 0) is 45.0 Å². The van der Waals surface area contributed by atoms with E-state index in [1.807, 2.05) is 12.1 Å². The van der Waals surface area contributed by atoms with E-state index >= 15 is 0 Å². The standard InChI is InChI=1S/C12H20N4/c1-10(9-16-7-2-3-8-16)14-12-6-4-5-11(13)15-12/h4-6,10H,2-3,7-9H2,1H3,(H3,13,14,15). The van der Waals surface area contributed by atoms with E-state index in [0.29, 0.717) is 11.9 Å². The molecule has 2 heterocycles. The average molecular weight is 220 g/mol. The Kier molecular flexibility index (Phi) is 3.62. The van der Waals surface area contributed by atoms with Gasteiger partial charge in [0.25, 0.3) is 0 Å². The summed E-state index contributed by atoms with van der Waals surface area (Å²) in [6, 6.07) is 6.09. The molecule has 0 radical (unpaired) electrons. The Morgan fingerprint density at radius 2 is 2.19 bits per heavy atom. The maximum Gasteiger partial charge on any atom is 0.128 e. The van der Waals surface area contributed by atoms with Gasteiger partial charge in [0.1, 0.15) is 11.6 Å². The van der Waals surface area contributed by atoms with Crippen molar-refractivity contribution in [1.82, 2.24) is 9.88 Å². The molecule has 1 aliphatic heterocycles. The number of nitrogens with zero attached hydrogens (tertiary/aromatic N) is 2. The van der Waals surface area contributed by atoms with Crippen LogP contribution in [-0.4, -0.2) is 35.6 Å². The highest BCUT2D eigenvalue weighted by molar-refractivity contribution is 5.42. The van der Waals surface area contributed by atoms with Gasteiger partial charge in [-0.15, -0.1) is 0 Å². The van der Waals surface area contributed by atoms with Crippen LogP contribution in [0, 0.1) is 0 Å². The number of anilines is 2. The Hall–Kier alpha value is -1.29. The summed E-state index contributed by atoms with van der Waals surface area (Å²) in [5.74, 6) is 1.44. The first kappa shape index (κ1) is 11.2. The van der Waals surface area contributed by atoms with E-state index in [9.17, 15) is 0 Å². The van der Waals surface area contributed by atoms with E-state index in [4.69, 9.17) is 5.73 Å². The van der Waals surface area contributed by atoms with Crippen molar-refractivity contribution in [2.45, 2.75) is 25.8 Å². The second kappa shape index (κ2) is 5.16. The van der Waals surface area contributed by atoms with Gasteiger partial charge in [-0.1, -0.05) is 6.07 Å². The fourth-order valence-electron chi connectivity index (χ4n) is 2.18. The molecule has 3 N–H and O–H groups in total. The lowest BCUT2D eigenvalue weighted by Gasteiger charge is -2.21. The summed E-state index contributed by atoms with van der Waals surface area (Å²) in [7, 11) is 0. The van der Waals surface area contributed by atoms with Crippen molar-refractivity contribution in [2.24, 2.45) is 0 Å². The number of pyridine rings is 1. The molecule has 1 fully saturated rings. The average Bonchev–Trinajstić information content (AvgIpc) is 2.70. The molecule has 1 aromatic heterocycles. The Morgan fingerprint density at radius 3 is 2.88 bits per heavy atom. The number of nitrogens with one attached hydrogen (secondary N) is 1. The molecule has 2 rings (SSSR count). The van der Waals surface area contributed by atoms with Crippen LogP contribution in [0.4, 0.5) is 11.6 Å². The van der Waals surface area contributed by atoms with Gasteiger partial charge in [0.2, 0.25) is 0 Å². The zero-order chi connectivity index (χ0) is 11.4. The smallest absolute Gasteiger partial charge is 0.128 e. The van der Waals surface area contributed by atoms with Crippen LogP contribution in [0.25, 0.3) is 0 Å². The molecule has 1 atom stereocenters. The number of likely N-dealkylation sites (tertiary alicyclic amines) is 1. The van der Waals surface area contributed by atoms with E-state index in [-0.39, 0.29) is 0 Å². The van der Waals surface area contributed by atoms with Gasteiger partial charge in [-0.2, -0.15) is 0 Å². The van der Waals surface area contributed by atoms with E-state index in [2.05, 4.69) is 22.1 Å². The highest BCUT2D eigenvalue weighted by atomic mass is 15.2. The molecule has 0 bridgehead atoms. The van der Waals surface area contributed by atoms with Crippen LogP contribution in [0.15, 0.2) is 18.2 Å². The van der Waals surface area contributed by atoms with E-state index < -0.39 is 0 Å². The van der Waals surface area contributed by atoms with Crippen molar-refractivity contribution in [2.75, 3.05) is 30.7 Å². The number of hydrogen-bond donors (Lipinski definition) is 2. The van der Waals surface area contributed by atoms with E-state index in [1.54, 1.807) is 6.07 Å². The highest BCUT2D eigenvalue weighted by Crippen LogP contribution is 2.11. The van der Waals surface area contributed by atoms with Crippen molar-refractivity contribution in [3.63, 3.8) is 0 Å². The summed E-state index contributed by atoms with van der Waals surface area (Å²) >= 11 is 0. The summed E-state index contributed by atoms with van der Waals surface area (Å²) in [5, 5.41) is 3.38. The van der Waals surface area contributed by atoms with Gasteiger partial charge in [-0.3, -0.25) is 0 Å². The van der Waals surface area contributed by atoms with Crippen LogP contribution in [0.5, 0.6) is 0 Å². The highest BCUT2D eigenvalue weighted by Gasteiger charge is 2.14. The summed E-state index contributed by atoms with van der Waals surface area (Å²) in [4.78, 5) is 6.73. The lowest BCUT2D eigenvalue weighted by atomic mass is 10.3. The molecule has 1 saturated heterocycles. The fraction of sp³-hybridized carbons (Fsp3) is 0.583. The molecule has 1 aromatic rings. The summed E-state index contributed by atoms with van der Waals surface area (Å²) in [6.45, 7) is 5.73. The van der Waals surface area contributed by atoms with Gasteiger partial charge >= 0.3 is 0 Å². The molecule has 4 nitrogen and oxygen atoms in total. The fourth-order valence-corrected chi connectivity index (χ4v) is 2.18. The molecule has 0 spiro atoms. The summed E-state index contributed by atoms with van der Waals surface area (Å²) in [6.07, 6.45) is 2.67. The predicted molar refractivity (Wildman–Crippen MR) is 67.4 cm³/mol. The minimum atomic E-state index is 0.410.